The lowest BCUT2D eigenvalue weighted by Crippen LogP contribution is -2.30. The Balaban J connectivity index is 2.15. The standard InChI is InChI=1S/C11H12N4O2/c1-15(7-8-5-13-14-6-8)11(17)9-3-2-4-12-10(9)16/h2-6H,7H2,1H3,(H,12,16)(H,13,14). The minimum Gasteiger partial charge on any atom is -0.337 e. The second-order valence-electron chi connectivity index (χ2n) is 3.68. The highest BCUT2D eigenvalue weighted by Gasteiger charge is 2.15. The number of pyridine rings is 1. The largest absolute Gasteiger partial charge is 0.337 e. The van der Waals surface area contributed by atoms with Crippen LogP contribution in [0.25, 0.3) is 0 Å². The van der Waals surface area contributed by atoms with Crippen molar-refractivity contribution in [2.75, 3.05) is 7.05 Å². The summed E-state index contributed by atoms with van der Waals surface area (Å²) >= 11 is 0. The number of carbonyl (C=O) groups is 1. The van der Waals surface area contributed by atoms with Crippen LogP contribution in [0.1, 0.15) is 15.9 Å². The number of aromatic amines is 2. The number of nitrogens with one attached hydrogen (secondary N) is 2. The molecule has 0 spiro atoms. The Kier molecular flexibility index (Phi) is 3.04. The van der Waals surface area contributed by atoms with E-state index in [4.69, 9.17) is 0 Å². The van der Waals surface area contributed by atoms with E-state index in [-0.39, 0.29) is 17.0 Å². The molecule has 6 heteroatoms. The third kappa shape index (κ3) is 2.41. The lowest BCUT2D eigenvalue weighted by Gasteiger charge is -2.15. The predicted octanol–water partition coefficient (Wildman–Crippen LogP) is 0.370. The van der Waals surface area contributed by atoms with Crippen molar-refractivity contribution in [3.63, 3.8) is 0 Å². The smallest absolute Gasteiger partial charge is 0.260 e. The summed E-state index contributed by atoms with van der Waals surface area (Å²) in [6.45, 7) is 0.406. The van der Waals surface area contributed by atoms with Crippen molar-refractivity contribution in [1.82, 2.24) is 20.1 Å². The minimum atomic E-state index is -0.378. The van der Waals surface area contributed by atoms with Crippen molar-refractivity contribution in [2.24, 2.45) is 0 Å². The molecular weight excluding hydrogens is 220 g/mol. The van der Waals surface area contributed by atoms with Gasteiger partial charge in [-0.2, -0.15) is 5.10 Å². The minimum absolute atomic E-state index is 0.137. The normalized spacial score (nSPS) is 10.2. The van der Waals surface area contributed by atoms with E-state index >= 15 is 0 Å². The summed E-state index contributed by atoms with van der Waals surface area (Å²) < 4.78 is 0. The molecule has 0 aromatic carbocycles. The summed E-state index contributed by atoms with van der Waals surface area (Å²) in [7, 11) is 1.64. The van der Waals surface area contributed by atoms with Crippen LogP contribution < -0.4 is 5.56 Å². The van der Waals surface area contributed by atoms with Gasteiger partial charge in [0, 0.05) is 31.5 Å². The third-order valence-corrected chi connectivity index (χ3v) is 2.37. The van der Waals surface area contributed by atoms with Gasteiger partial charge < -0.3 is 9.88 Å². The second-order valence-corrected chi connectivity index (χ2v) is 3.68. The van der Waals surface area contributed by atoms with Gasteiger partial charge in [-0.05, 0) is 12.1 Å². The zero-order valence-corrected chi connectivity index (χ0v) is 9.30. The first kappa shape index (κ1) is 11.1. The number of rotatable bonds is 3. The number of hydrogen-bond donors (Lipinski definition) is 2. The average molecular weight is 232 g/mol. The van der Waals surface area contributed by atoms with Crippen LogP contribution in [0, 0.1) is 0 Å². The molecule has 0 aliphatic carbocycles. The van der Waals surface area contributed by atoms with E-state index < -0.39 is 0 Å². The van der Waals surface area contributed by atoms with Crippen LogP contribution >= 0.6 is 0 Å². The lowest BCUT2D eigenvalue weighted by atomic mass is 10.2. The van der Waals surface area contributed by atoms with E-state index in [2.05, 4.69) is 15.2 Å². The number of amides is 1. The molecule has 0 aliphatic rings. The molecular formula is C11H12N4O2. The van der Waals surface area contributed by atoms with Crippen LogP contribution in [0.3, 0.4) is 0 Å². The monoisotopic (exact) mass is 232 g/mol. The summed E-state index contributed by atoms with van der Waals surface area (Å²) in [6.07, 6.45) is 4.84. The Morgan fingerprint density at radius 3 is 3.00 bits per heavy atom. The summed E-state index contributed by atoms with van der Waals surface area (Å²) in [5.74, 6) is -0.312. The highest BCUT2D eigenvalue weighted by molar-refractivity contribution is 5.93. The molecule has 0 saturated heterocycles. The van der Waals surface area contributed by atoms with Crippen molar-refractivity contribution >= 4 is 5.91 Å². The van der Waals surface area contributed by atoms with Gasteiger partial charge in [-0.1, -0.05) is 0 Å². The van der Waals surface area contributed by atoms with Gasteiger partial charge in [-0.3, -0.25) is 14.7 Å². The van der Waals surface area contributed by atoms with E-state index in [1.165, 1.54) is 17.2 Å². The van der Waals surface area contributed by atoms with Crippen molar-refractivity contribution < 1.29 is 4.79 Å². The van der Waals surface area contributed by atoms with Crippen molar-refractivity contribution in [2.45, 2.75) is 6.54 Å². The SMILES string of the molecule is CN(Cc1cn[nH]c1)C(=O)c1ccc[nH]c1=O. The number of H-pyrrole nitrogens is 2. The molecule has 0 unspecified atom stereocenters. The zero-order chi connectivity index (χ0) is 12.3. The summed E-state index contributed by atoms with van der Waals surface area (Å²) in [4.78, 5) is 27.4. The molecule has 2 N–H and O–H groups in total. The predicted molar refractivity (Wildman–Crippen MR) is 61.4 cm³/mol. The third-order valence-electron chi connectivity index (χ3n) is 2.37. The van der Waals surface area contributed by atoms with Crippen molar-refractivity contribution in [3.8, 4) is 0 Å². The van der Waals surface area contributed by atoms with Crippen molar-refractivity contribution in [1.29, 1.82) is 0 Å². The van der Waals surface area contributed by atoms with Gasteiger partial charge in [0.05, 0.1) is 6.20 Å². The second kappa shape index (κ2) is 4.65. The first-order valence-electron chi connectivity index (χ1n) is 5.09. The van der Waals surface area contributed by atoms with Gasteiger partial charge in [-0.25, -0.2) is 0 Å². The molecule has 2 aromatic rings. The van der Waals surface area contributed by atoms with E-state index in [9.17, 15) is 9.59 Å². The van der Waals surface area contributed by atoms with E-state index in [0.29, 0.717) is 6.54 Å². The maximum atomic E-state index is 12.0. The first-order chi connectivity index (χ1) is 8.18. The molecule has 0 saturated carbocycles. The van der Waals surface area contributed by atoms with Crippen LogP contribution in [-0.4, -0.2) is 33.0 Å². The molecule has 2 heterocycles. The molecule has 0 atom stereocenters. The Hall–Kier alpha value is -2.37. The van der Waals surface area contributed by atoms with Gasteiger partial charge in [-0.15, -0.1) is 0 Å². The molecule has 2 rings (SSSR count). The van der Waals surface area contributed by atoms with Crippen LogP contribution in [-0.2, 0) is 6.54 Å². The van der Waals surface area contributed by atoms with E-state index in [1.54, 1.807) is 25.5 Å². The fourth-order valence-electron chi connectivity index (χ4n) is 1.51. The van der Waals surface area contributed by atoms with Crippen LogP contribution in [0.4, 0.5) is 0 Å². The number of carbonyl (C=O) groups excluding carboxylic acids is 1. The molecule has 88 valence electrons. The summed E-state index contributed by atoms with van der Waals surface area (Å²) in [6, 6.07) is 3.13. The molecule has 1 amide bonds. The van der Waals surface area contributed by atoms with Gasteiger partial charge in [0.1, 0.15) is 5.56 Å². The van der Waals surface area contributed by atoms with E-state index in [0.717, 1.165) is 5.56 Å². The highest BCUT2D eigenvalue weighted by Crippen LogP contribution is 2.03. The van der Waals surface area contributed by atoms with Crippen LogP contribution in [0.5, 0.6) is 0 Å². The number of hydrogen-bond acceptors (Lipinski definition) is 3. The summed E-state index contributed by atoms with van der Waals surface area (Å²) in [5.41, 5.74) is 0.642. The molecule has 0 fully saturated rings. The molecule has 0 bridgehead atoms. The Morgan fingerprint density at radius 2 is 2.35 bits per heavy atom. The number of nitrogens with zero attached hydrogens (tertiary/aromatic N) is 2. The maximum absolute atomic E-state index is 12.0. The molecule has 2 aromatic heterocycles. The Bertz CT molecular complexity index is 559. The quantitative estimate of drug-likeness (QED) is 0.802. The van der Waals surface area contributed by atoms with Crippen molar-refractivity contribution in [3.05, 3.63) is 52.2 Å². The zero-order valence-electron chi connectivity index (χ0n) is 9.30. The Labute approximate surface area is 97.3 Å². The average Bonchev–Trinajstić information content (AvgIpc) is 2.81. The highest BCUT2D eigenvalue weighted by atomic mass is 16.2. The van der Waals surface area contributed by atoms with Crippen LogP contribution in [0.15, 0.2) is 35.5 Å². The molecule has 0 aliphatic heterocycles. The topological polar surface area (TPSA) is 81.8 Å². The summed E-state index contributed by atoms with van der Waals surface area (Å²) in [5, 5.41) is 6.46. The molecule has 6 nitrogen and oxygen atoms in total. The van der Waals surface area contributed by atoms with Gasteiger partial charge >= 0.3 is 0 Å². The van der Waals surface area contributed by atoms with E-state index in [1.807, 2.05) is 0 Å². The van der Waals surface area contributed by atoms with Gasteiger partial charge in [0.15, 0.2) is 0 Å². The Morgan fingerprint density at radius 1 is 1.53 bits per heavy atom. The molecule has 17 heavy (non-hydrogen) atoms. The lowest BCUT2D eigenvalue weighted by molar-refractivity contribution is 0.0783. The maximum Gasteiger partial charge on any atom is 0.260 e. The first-order valence-corrected chi connectivity index (χ1v) is 5.09. The van der Waals surface area contributed by atoms with Crippen LogP contribution in [0.2, 0.25) is 0 Å². The number of aromatic nitrogens is 3. The van der Waals surface area contributed by atoms with Gasteiger partial charge in [0.25, 0.3) is 11.5 Å². The fourth-order valence-corrected chi connectivity index (χ4v) is 1.51. The van der Waals surface area contributed by atoms with Gasteiger partial charge in [0.2, 0.25) is 0 Å². The molecule has 0 radical (unpaired) electrons. The fraction of sp³-hybridized carbons (Fsp3) is 0.182.